The van der Waals surface area contributed by atoms with Crippen molar-refractivity contribution in [3.05, 3.63) is 82.9 Å². The second-order valence-corrected chi connectivity index (χ2v) is 10.6. The van der Waals surface area contributed by atoms with E-state index in [0.29, 0.717) is 38.5 Å². The highest BCUT2D eigenvalue weighted by Gasteiger charge is 2.23. The lowest BCUT2D eigenvalue weighted by atomic mass is 9.98. The molecular formula is C31H28ClN3O4S. The maximum absolute atomic E-state index is 13.3. The standard InChI is InChI=1S/C31H28ClN3O4S/c1-18-6-8-20(9-7-18)23-14-26(21-10-12-22(37-3)13-11-21)35-31(24(23)17-33)40-19(2)30(36)34-27-15-25(32)28(38-4)16-29(27)39-5/h6-16,19H,1-5H3,(H,34,36). The number of nitriles is 1. The minimum Gasteiger partial charge on any atom is -0.497 e. The van der Waals surface area contributed by atoms with E-state index in [4.69, 9.17) is 30.8 Å². The van der Waals surface area contributed by atoms with Gasteiger partial charge in [-0.1, -0.05) is 53.2 Å². The van der Waals surface area contributed by atoms with E-state index in [1.807, 2.05) is 61.5 Å². The van der Waals surface area contributed by atoms with Gasteiger partial charge in [-0.05, 0) is 55.8 Å². The second kappa shape index (κ2) is 12.8. The number of carbonyl (C=O) groups is 1. The smallest absolute Gasteiger partial charge is 0.237 e. The first-order valence-electron chi connectivity index (χ1n) is 12.3. The van der Waals surface area contributed by atoms with Crippen LogP contribution in [-0.2, 0) is 4.79 Å². The number of methoxy groups -OCH3 is 3. The number of nitrogens with zero attached hydrogens (tertiary/aromatic N) is 2. The summed E-state index contributed by atoms with van der Waals surface area (Å²) in [6.45, 7) is 3.77. The Morgan fingerprint density at radius 3 is 2.20 bits per heavy atom. The molecule has 1 heterocycles. The summed E-state index contributed by atoms with van der Waals surface area (Å²) in [4.78, 5) is 18.1. The van der Waals surface area contributed by atoms with Gasteiger partial charge in [0.25, 0.3) is 0 Å². The Morgan fingerprint density at radius 2 is 1.60 bits per heavy atom. The Balaban J connectivity index is 1.72. The monoisotopic (exact) mass is 573 g/mol. The zero-order valence-corrected chi connectivity index (χ0v) is 24.3. The highest BCUT2D eigenvalue weighted by Crippen LogP contribution is 2.38. The molecule has 0 fully saturated rings. The van der Waals surface area contributed by atoms with Crippen LogP contribution in [0.15, 0.2) is 71.8 Å². The van der Waals surface area contributed by atoms with Crippen LogP contribution < -0.4 is 19.5 Å². The molecule has 1 amide bonds. The molecule has 1 unspecified atom stereocenters. The molecule has 3 aromatic carbocycles. The minimum atomic E-state index is -0.609. The fourth-order valence-corrected chi connectivity index (χ4v) is 5.16. The molecule has 0 bridgehead atoms. The zero-order chi connectivity index (χ0) is 28.8. The molecule has 0 aliphatic heterocycles. The molecule has 1 aromatic heterocycles. The van der Waals surface area contributed by atoms with E-state index < -0.39 is 5.25 Å². The molecule has 1 atom stereocenters. The molecule has 0 aliphatic carbocycles. The van der Waals surface area contributed by atoms with Crippen molar-refractivity contribution in [1.82, 2.24) is 4.98 Å². The maximum Gasteiger partial charge on any atom is 0.237 e. The SMILES string of the molecule is COc1ccc(-c2cc(-c3ccc(C)cc3)c(C#N)c(SC(C)C(=O)Nc3cc(Cl)c(OC)cc3OC)n2)cc1. The van der Waals surface area contributed by atoms with Crippen LogP contribution in [0.4, 0.5) is 5.69 Å². The lowest BCUT2D eigenvalue weighted by molar-refractivity contribution is -0.115. The molecule has 9 heteroatoms. The number of anilines is 1. The summed E-state index contributed by atoms with van der Waals surface area (Å²) in [6, 6.07) is 22.9. The quantitative estimate of drug-likeness (QED) is 0.209. The number of hydrogen-bond donors (Lipinski definition) is 1. The van der Waals surface area contributed by atoms with Crippen LogP contribution in [-0.4, -0.2) is 37.5 Å². The fraction of sp³-hybridized carbons (Fsp3) is 0.194. The highest BCUT2D eigenvalue weighted by molar-refractivity contribution is 8.00. The summed E-state index contributed by atoms with van der Waals surface area (Å²) in [5.41, 5.74) is 5.08. The number of thioether (sulfide) groups is 1. The van der Waals surface area contributed by atoms with E-state index in [0.717, 1.165) is 28.0 Å². The van der Waals surface area contributed by atoms with Gasteiger partial charge in [-0.3, -0.25) is 4.79 Å². The zero-order valence-electron chi connectivity index (χ0n) is 22.7. The average molecular weight is 574 g/mol. The lowest BCUT2D eigenvalue weighted by Crippen LogP contribution is -2.23. The van der Waals surface area contributed by atoms with Crippen LogP contribution in [0.1, 0.15) is 18.1 Å². The van der Waals surface area contributed by atoms with Crippen LogP contribution in [0.3, 0.4) is 0 Å². The van der Waals surface area contributed by atoms with Crippen molar-refractivity contribution in [2.24, 2.45) is 0 Å². The van der Waals surface area contributed by atoms with Crippen molar-refractivity contribution in [3.63, 3.8) is 0 Å². The minimum absolute atomic E-state index is 0.304. The number of halogens is 1. The molecular weight excluding hydrogens is 546 g/mol. The number of amides is 1. The van der Waals surface area contributed by atoms with Crippen LogP contribution in [0.2, 0.25) is 5.02 Å². The first-order chi connectivity index (χ1) is 19.3. The van der Waals surface area contributed by atoms with Gasteiger partial charge in [0, 0.05) is 17.2 Å². The number of ether oxygens (including phenoxy) is 3. The summed E-state index contributed by atoms with van der Waals surface area (Å²) < 4.78 is 15.9. The molecule has 4 rings (SSSR count). The third kappa shape index (κ3) is 6.33. The molecule has 204 valence electrons. The topological polar surface area (TPSA) is 93.5 Å². The number of carbonyl (C=O) groups excluding carboxylic acids is 1. The first kappa shape index (κ1) is 28.8. The Bertz CT molecular complexity index is 1570. The van der Waals surface area contributed by atoms with Crippen LogP contribution in [0.25, 0.3) is 22.4 Å². The largest absolute Gasteiger partial charge is 0.497 e. The summed E-state index contributed by atoms with van der Waals surface area (Å²) in [7, 11) is 4.61. The number of benzene rings is 3. The van der Waals surface area contributed by atoms with Crippen molar-refractivity contribution >= 4 is 35.0 Å². The predicted octanol–water partition coefficient (Wildman–Crippen LogP) is 7.39. The molecule has 0 spiro atoms. The van der Waals surface area contributed by atoms with Gasteiger partial charge in [0.1, 0.15) is 28.3 Å². The Morgan fingerprint density at radius 1 is 0.950 bits per heavy atom. The molecule has 40 heavy (non-hydrogen) atoms. The Labute approximate surface area is 243 Å². The van der Waals surface area contributed by atoms with Gasteiger partial charge in [-0.25, -0.2) is 4.98 Å². The first-order valence-corrected chi connectivity index (χ1v) is 13.6. The van der Waals surface area contributed by atoms with Crippen LogP contribution >= 0.6 is 23.4 Å². The molecule has 7 nitrogen and oxygen atoms in total. The molecule has 0 radical (unpaired) electrons. The van der Waals surface area contributed by atoms with Gasteiger partial charge < -0.3 is 19.5 Å². The Hall–Kier alpha value is -4.19. The van der Waals surface area contributed by atoms with Crippen molar-refractivity contribution in [2.75, 3.05) is 26.6 Å². The number of nitrogens with one attached hydrogen (secondary N) is 1. The van der Waals surface area contributed by atoms with Gasteiger partial charge >= 0.3 is 0 Å². The number of pyridine rings is 1. The van der Waals surface area contributed by atoms with Crippen molar-refractivity contribution in [3.8, 4) is 45.7 Å². The Kier molecular flexibility index (Phi) is 9.20. The van der Waals surface area contributed by atoms with E-state index in [-0.39, 0.29) is 5.91 Å². The van der Waals surface area contributed by atoms with E-state index in [1.54, 1.807) is 26.2 Å². The highest BCUT2D eigenvalue weighted by atomic mass is 35.5. The fourth-order valence-electron chi connectivity index (χ4n) is 4.00. The third-order valence-corrected chi connectivity index (χ3v) is 7.62. The molecule has 1 N–H and O–H groups in total. The summed E-state index contributed by atoms with van der Waals surface area (Å²) >= 11 is 7.49. The molecule has 0 aliphatic rings. The van der Waals surface area contributed by atoms with E-state index in [1.165, 1.54) is 26.0 Å². The number of aromatic nitrogens is 1. The lowest BCUT2D eigenvalue weighted by Gasteiger charge is -2.17. The summed E-state index contributed by atoms with van der Waals surface area (Å²) in [6.07, 6.45) is 0. The molecule has 4 aromatic rings. The maximum atomic E-state index is 13.3. The number of aryl methyl sites for hydroxylation is 1. The summed E-state index contributed by atoms with van der Waals surface area (Å²) in [5.74, 6) is 1.26. The van der Waals surface area contributed by atoms with E-state index in [2.05, 4.69) is 11.4 Å². The van der Waals surface area contributed by atoms with Crippen molar-refractivity contribution in [2.45, 2.75) is 24.1 Å². The normalized spacial score (nSPS) is 11.3. The molecule has 0 saturated carbocycles. The van der Waals surface area contributed by atoms with Gasteiger partial charge in [-0.15, -0.1) is 0 Å². The summed E-state index contributed by atoms with van der Waals surface area (Å²) in [5, 5.41) is 13.3. The van der Waals surface area contributed by atoms with Gasteiger partial charge in [0.15, 0.2) is 0 Å². The van der Waals surface area contributed by atoms with E-state index >= 15 is 0 Å². The van der Waals surface area contributed by atoms with Gasteiger partial charge in [0.05, 0.1) is 48.5 Å². The number of rotatable bonds is 9. The van der Waals surface area contributed by atoms with Crippen molar-refractivity contribution in [1.29, 1.82) is 5.26 Å². The van der Waals surface area contributed by atoms with Crippen molar-refractivity contribution < 1.29 is 19.0 Å². The molecule has 0 saturated heterocycles. The van der Waals surface area contributed by atoms with E-state index in [9.17, 15) is 10.1 Å². The second-order valence-electron chi connectivity index (χ2n) is 8.88. The van der Waals surface area contributed by atoms with Crippen LogP contribution in [0.5, 0.6) is 17.2 Å². The van der Waals surface area contributed by atoms with Gasteiger partial charge in [0.2, 0.25) is 5.91 Å². The van der Waals surface area contributed by atoms with Crippen LogP contribution in [0, 0.1) is 18.3 Å². The predicted molar refractivity (Wildman–Crippen MR) is 160 cm³/mol. The third-order valence-electron chi connectivity index (χ3n) is 6.24. The number of hydrogen-bond acceptors (Lipinski definition) is 7. The average Bonchev–Trinajstić information content (AvgIpc) is 2.97. The van der Waals surface area contributed by atoms with Gasteiger partial charge in [-0.2, -0.15) is 5.26 Å².